The summed E-state index contributed by atoms with van der Waals surface area (Å²) in [4.78, 5) is 30.8. The average molecular weight is 344 g/mol. The van der Waals surface area contributed by atoms with E-state index in [1.54, 1.807) is 18.5 Å². The Labute approximate surface area is 143 Å². The number of carbonyl (C=O) groups excluding carboxylic acids is 2. The lowest BCUT2D eigenvalue weighted by atomic mass is 10.1. The molecular formula is C16H16N4O3S. The van der Waals surface area contributed by atoms with Crippen LogP contribution >= 0.6 is 11.8 Å². The van der Waals surface area contributed by atoms with Crippen LogP contribution in [0.1, 0.15) is 5.56 Å². The van der Waals surface area contributed by atoms with E-state index in [9.17, 15) is 9.59 Å². The van der Waals surface area contributed by atoms with Crippen LogP contribution in [0.5, 0.6) is 5.75 Å². The normalized spacial score (nSPS) is 16.8. The van der Waals surface area contributed by atoms with Gasteiger partial charge in [-0.3, -0.25) is 14.9 Å². The molecule has 1 aromatic heterocycles. The monoisotopic (exact) mass is 344 g/mol. The summed E-state index contributed by atoms with van der Waals surface area (Å²) in [6.07, 6.45) is 3.87. The molecular weight excluding hydrogens is 328 g/mol. The van der Waals surface area contributed by atoms with E-state index < -0.39 is 0 Å². The van der Waals surface area contributed by atoms with Gasteiger partial charge in [-0.1, -0.05) is 23.9 Å². The van der Waals surface area contributed by atoms with E-state index in [2.05, 4.69) is 20.6 Å². The summed E-state index contributed by atoms with van der Waals surface area (Å²) in [5.74, 6) is 1.09. The van der Waals surface area contributed by atoms with Crippen LogP contribution in [-0.4, -0.2) is 39.5 Å². The van der Waals surface area contributed by atoms with Crippen molar-refractivity contribution < 1.29 is 14.3 Å². The second kappa shape index (κ2) is 7.78. The van der Waals surface area contributed by atoms with Crippen molar-refractivity contribution in [3.63, 3.8) is 0 Å². The van der Waals surface area contributed by atoms with Crippen LogP contribution in [0.25, 0.3) is 0 Å². The van der Waals surface area contributed by atoms with Gasteiger partial charge < -0.3 is 10.1 Å². The van der Waals surface area contributed by atoms with Crippen molar-refractivity contribution in [2.24, 2.45) is 0 Å². The molecule has 1 fully saturated rings. The Morgan fingerprint density at radius 3 is 2.58 bits per heavy atom. The zero-order valence-corrected chi connectivity index (χ0v) is 13.6. The van der Waals surface area contributed by atoms with Crippen molar-refractivity contribution >= 4 is 28.9 Å². The Hall–Kier alpha value is -2.61. The molecule has 24 heavy (non-hydrogen) atoms. The lowest BCUT2D eigenvalue weighted by molar-refractivity contribution is -0.118. The molecule has 1 atom stereocenters. The van der Waals surface area contributed by atoms with Crippen LogP contribution in [0.15, 0.2) is 42.7 Å². The zero-order valence-electron chi connectivity index (χ0n) is 12.8. The van der Waals surface area contributed by atoms with Crippen LogP contribution in [0.4, 0.5) is 10.7 Å². The minimum atomic E-state index is -0.348. The Morgan fingerprint density at radius 2 is 1.92 bits per heavy atom. The number of nitrogens with zero attached hydrogens (tertiary/aromatic N) is 2. The van der Waals surface area contributed by atoms with Crippen molar-refractivity contribution in [1.29, 1.82) is 0 Å². The number of hydrogen-bond donors (Lipinski definition) is 2. The van der Waals surface area contributed by atoms with E-state index in [0.717, 1.165) is 23.1 Å². The fourth-order valence-electron chi connectivity index (χ4n) is 2.19. The minimum Gasteiger partial charge on any atom is -0.492 e. The molecule has 124 valence electrons. The first-order valence-corrected chi connectivity index (χ1v) is 8.33. The molecule has 2 amide bonds. The number of carbonyl (C=O) groups is 2. The van der Waals surface area contributed by atoms with Gasteiger partial charge in [0.05, 0.1) is 11.8 Å². The number of anilines is 1. The van der Waals surface area contributed by atoms with Crippen LogP contribution in [0.3, 0.4) is 0 Å². The van der Waals surface area contributed by atoms with Crippen LogP contribution in [0, 0.1) is 0 Å². The van der Waals surface area contributed by atoms with E-state index in [1.807, 2.05) is 24.3 Å². The van der Waals surface area contributed by atoms with E-state index in [0.29, 0.717) is 25.5 Å². The van der Waals surface area contributed by atoms with Gasteiger partial charge in [0.15, 0.2) is 0 Å². The first-order chi connectivity index (χ1) is 11.7. The quantitative estimate of drug-likeness (QED) is 0.741. The third-order valence-corrected chi connectivity index (χ3v) is 4.31. The van der Waals surface area contributed by atoms with Gasteiger partial charge in [-0.2, -0.15) is 0 Å². The molecule has 2 heterocycles. The van der Waals surface area contributed by atoms with Crippen molar-refractivity contribution in [2.45, 2.75) is 11.7 Å². The molecule has 3 rings (SSSR count). The van der Waals surface area contributed by atoms with Crippen molar-refractivity contribution in [2.75, 3.05) is 18.5 Å². The first kappa shape index (κ1) is 16.3. The van der Waals surface area contributed by atoms with Gasteiger partial charge in [-0.25, -0.2) is 9.97 Å². The molecule has 1 aromatic carbocycles. The van der Waals surface area contributed by atoms with Crippen molar-refractivity contribution in [3.8, 4) is 5.75 Å². The number of imide groups is 1. The predicted octanol–water partition coefficient (Wildman–Crippen LogP) is 1.86. The third-order valence-electron chi connectivity index (χ3n) is 3.33. The summed E-state index contributed by atoms with van der Waals surface area (Å²) in [5.41, 5.74) is 0.987. The molecule has 0 saturated carbocycles. The second-order valence-corrected chi connectivity index (χ2v) is 6.25. The molecule has 2 N–H and O–H groups in total. The van der Waals surface area contributed by atoms with Gasteiger partial charge in [-0.15, -0.1) is 0 Å². The van der Waals surface area contributed by atoms with Gasteiger partial charge in [0.1, 0.15) is 12.4 Å². The number of nitrogens with one attached hydrogen (secondary N) is 2. The summed E-state index contributed by atoms with van der Waals surface area (Å²) in [7, 11) is 0. The SMILES string of the molecule is O=C1NC(=O)[C@@H](Cc2ccc(OCCNc3ncccn3)cc2)S1. The second-order valence-electron chi connectivity index (χ2n) is 5.08. The maximum Gasteiger partial charge on any atom is 0.286 e. The van der Waals surface area contributed by atoms with E-state index >= 15 is 0 Å². The Bertz CT molecular complexity index is 709. The molecule has 0 bridgehead atoms. The van der Waals surface area contributed by atoms with E-state index in [4.69, 9.17) is 4.74 Å². The van der Waals surface area contributed by atoms with Crippen molar-refractivity contribution in [3.05, 3.63) is 48.3 Å². The molecule has 0 unspecified atom stereocenters. The molecule has 2 aromatic rings. The highest BCUT2D eigenvalue weighted by Crippen LogP contribution is 2.23. The summed E-state index contributed by atoms with van der Waals surface area (Å²) in [6.45, 7) is 1.07. The highest BCUT2D eigenvalue weighted by Gasteiger charge is 2.31. The number of aromatic nitrogens is 2. The van der Waals surface area contributed by atoms with Crippen LogP contribution in [-0.2, 0) is 11.2 Å². The summed E-state index contributed by atoms with van der Waals surface area (Å²) in [5, 5.41) is 4.72. The average Bonchev–Trinajstić information content (AvgIpc) is 2.91. The molecule has 0 aliphatic carbocycles. The number of thioether (sulfide) groups is 1. The molecule has 8 heteroatoms. The fourth-order valence-corrected chi connectivity index (χ4v) is 3.05. The lowest BCUT2D eigenvalue weighted by Gasteiger charge is -2.09. The molecule has 7 nitrogen and oxygen atoms in total. The van der Waals surface area contributed by atoms with Crippen molar-refractivity contribution in [1.82, 2.24) is 15.3 Å². The standard InChI is InChI=1S/C16H16N4O3S/c21-14-13(24-16(22)20-14)10-11-2-4-12(5-3-11)23-9-8-19-15-17-6-1-7-18-15/h1-7,13H,8-10H2,(H,17,18,19)(H,20,21,22)/t13-/m1/s1. The van der Waals surface area contributed by atoms with Crippen LogP contribution in [0.2, 0.25) is 0 Å². The summed E-state index contributed by atoms with van der Waals surface area (Å²) < 4.78 is 5.63. The number of benzene rings is 1. The zero-order chi connectivity index (χ0) is 16.8. The molecule has 0 spiro atoms. The summed E-state index contributed by atoms with van der Waals surface area (Å²) >= 11 is 1.04. The number of ether oxygens (including phenoxy) is 1. The molecule has 1 aliphatic rings. The Morgan fingerprint density at radius 1 is 1.17 bits per heavy atom. The van der Waals surface area contributed by atoms with Gasteiger partial charge in [-0.05, 0) is 30.2 Å². The largest absolute Gasteiger partial charge is 0.492 e. The number of rotatable bonds is 7. The van der Waals surface area contributed by atoms with Gasteiger partial charge >= 0.3 is 0 Å². The highest BCUT2D eigenvalue weighted by molar-refractivity contribution is 8.15. The fraction of sp³-hybridized carbons (Fsp3) is 0.250. The topological polar surface area (TPSA) is 93.2 Å². The van der Waals surface area contributed by atoms with E-state index in [-0.39, 0.29) is 16.4 Å². The van der Waals surface area contributed by atoms with Gasteiger partial charge in [0, 0.05) is 12.4 Å². The molecule has 0 radical (unpaired) electrons. The van der Waals surface area contributed by atoms with E-state index in [1.165, 1.54) is 0 Å². The Kier molecular flexibility index (Phi) is 5.27. The smallest absolute Gasteiger partial charge is 0.286 e. The van der Waals surface area contributed by atoms with Crippen LogP contribution < -0.4 is 15.4 Å². The van der Waals surface area contributed by atoms with Gasteiger partial charge in [0.2, 0.25) is 11.9 Å². The summed E-state index contributed by atoms with van der Waals surface area (Å²) in [6, 6.07) is 9.27. The maximum absolute atomic E-state index is 11.6. The number of hydrogen-bond acceptors (Lipinski definition) is 7. The maximum atomic E-state index is 11.6. The molecule has 1 saturated heterocycles. The Balaban J connectivity index is 1.43. The predicted molar refractivity (Wildman–Crippen MR) is 91.1 cm³/mol. The number of amides is 2. The highest BCUT2D eigenvalue weighted by atomic mass is 32.2. The first-order valence-electron chi connectivity index (χ1n) is 7.45. The third kappa shape index (κ3) is 4.45. The molecule has 1 aliphatic heterocycles. The van der Waals surface area contributed by atoms with Gasteiger partial charge in [0.25, 0.3) is 5.24 Å². The lowest BCUT2D eigenvalue weighted by Crippen LogP contribution is -2.25. The minimum absolute atomic E-state index is 0.223.